The summed E-state index contributed by atoms with van der Waals surface area (Å²) in [4.78, 5) is 2.40. The lowest BCUT2D eigenvalue weighted by Gasteiger charge is -2.31. The van der Waals surface area contributed by atoms with Gasteiger partial charge >= 0.3 is 0 Å². The smallest absolute Gasteiger partial charge is 0.231 e. The molecule has 5 nitrogen and oxygen atoms in total. The molecule has 1 fully saturated rings. The van der Waals surface area contributed by atoms with Gasteiger partial charge in [0.15, 0.2) is 11.5 Å². The summed E-state index contributed by atoms with van der Waals surface area (Å²) in [6.45, 7) is 2.12. The maximum Gasteiger partial charge on any atom is 0.231 e. The van der Waals surface area contributed by atoms with Gasteiger partial charge in [0.05, 0.1) is 12.2 Å². The van der Waals surface area contributed by atoms with Crippen molar-refractivity contribution in [3.63, 3.8) is 0 Å². The second-order valence-electron chi connectivity index (χ2n) is 6.36. The van der Waals surface area contributed by atoms with Crippen LogP contribution in [0, 0.1) is 0 Å². The highest BCUT2D eigenvalue weighted by Gasteiger charge is 2.46. The molecular formula is C16H17NO4. The van der Waals surface area contributed by atoms with E-state index in [0.29, 0.717) is 19.1 Å². The molecule has 5 atom stereocenters. The third kappa shape index (κ3) is 1.56. The average Bonchev–Trinajstić information content (AvgIpc) is 3.03. The van der Waals surface area contributed by atoms with Crippen LogP contribution in [-0.2, 0) is 6.54 Å². The molecule has 3 heterocycles. The summed E-state index contributed by atoms with van der Waals surface area (Å²) in [5, 5.41) is 19.9. The van der Waals surface area contributed by atoms with Gasteiger partial charge in [0, 0.05) is 25.0 Å². The Hall–Kier alpha value is -1.56. The Balaban J connectivity index is 1.63. The van der Waals surface area contributed by atoms with E-state index in [9.17, 15) is 10.2 Å². The second kappa shape index (κ2) is 4.00. The van der Waals surface area contributed by atoms with E-state index in [1.54, 1.807) is 0 Å². The molecule has 5 rings (SSSR count). The average molecular weight is 287 g/mol. The maximum absolute atomic E-state index is 9.96. The summed E-state index contributed by atoms with van der Waals surface area (Å²) < 4.78 is 11.0. The Bertz CT molecular complexity index is 656. The fourth-order valence-electron chi connectivity index (χ4n) is 4.23. The van der Waals surface area contributed by atoms with E-state index in [-0.39, 0.29) is 6.04 Å². The molecule has 1 unspecified atom stereocenters. The van der Waals surface area contributed by atoms with Crippen molar-refractivity contribution < 1.29 is 19.7 Å². The van der Waals surface area contributed by atoms with Gasteiger partial charge in [-0.25, -0.2) is 0 Å². The second-order valence-corrected chi connectivity index (χ2v) is 6.36. The lowest BCUT2D eigenvalue weighted by Crippen LogP contribution is -2.39. The zero-order valence-electron chi connectivity index (χ0n) is 11.5. The third-order valence-corrected chi connectivity index (χ3v) is 5.25. The fraction of sp³-hybridized carbons (Fsp3) is 0.500. The first-order valence-corrected chi connectivity index (χ1v) is 7.45. The zero-order chi connectivity index (χ0) is 14.1. The Kier molecular flexibility index (Phi) is 2.29. The maximum atomic E-state index is 9.96. The lowest BCUT2D eigenvalue weighted by atomic mass is 9.82. The molecule has 0 spiro atoms. The largest absolute Gasteiger partial charge is 0.454 e. The molecule has 1 aliphatic carbocycles. The molecule has 21 heavy (non-hydrogen) atoms. The van der Waals surface area contributed by atoms with Crippen molar-refractivity contribution in [1.82, 2.24) is 4.90 Å². The van der Waals surface area contributed by atoms with Crippen LogP contribution >= 0.6 is 0 Å². The lowest BCUT2D eigenvalue weighted by molar-refractivity contribution is 0.0208. The quantitative estimate of drug-likeness (QED) is 0.690. The van der Waals surface area contributed by atoms with Crippen LogP contribution in [0.1, 0.15) is 23.5 Å². The number of aliphatic hydroxyl groups is 2. The number of aliphatic hydroxyl groups excluding tert-OH is 2. The molecular weight excluding hydrogens is 270 g/mol. The molecule has 1 aromatic rings. The molecule has 2 N–H and O–H groups in total. The Morgan fingerprint density at radius 2 is 1.95 bits per heavy atom. The molecule has 4 aliphatic rings. The van der Waals surface area contributed by atoms with E-state index in [4.69, 9.17) is 9.47 Å². The monoisotopic (exact) mass is 287 g/mol. The minimum absolute atomic E-state index is 0.248. The van der Waals surface area contributed by atoms with Gasteiger partial charge in [-0.15, -0.1) is 0 Å². The van der Waals surface area contributed by atoms with Crippen molar-refractivity contribution in [2.24, 2.45) is 0 Å². The van der Waals surface area contributed by atoms with Gasteiger partial charge in [-0.05, 0) is 35.3 Å². The van der Waals surface area contributed by atoms with E-state index in [1.807, 2.05) is 6.08 Å². The van der Waals surface area contributed by atoms with Gasteiger partial charge in [-0.3, -0.25) is 4.90 Å². The first-order chi connectivity index (χ1) is 10.2. The molecule has 2 bridgehead atoms. The van der Waals surface area contributed by atoms with Crippen LogP contribution in [-0.4, -0.2) is 46.7 Å². The summed E-state index contributed by atoms with van der Waals surface area (Å²) in [5.41, 5.74) is 3.81. The summed E-state index contributed by atoms with van der Waals surface area (Å²) in [6.07, 6.45) is 1.08. The summed E-state index contributed by atoms with van der Waals surface area (Å²) in [6, 6.07) is 4.43. The van der Waals surface area contributed by atoms with Crippen molar-refractivity contribution in [3.8, 4) is 11.5 Å². The third-order valence-electron chi connectivity index (χ3n) is 5.25. The van der Waals surface area contributed by atoms with Gasteiger partial charge in [0.1, 0.15) is 0 Å². The van der Waals surface area contributed by atoms with Crippen LogP contribution in [0.5, 0.6) is 11.5 Å². The Morgan fingerprint density at radius 3 is 2.81 bits per heavy atom. The number of benzene rings is 1. The molecule has 1 aromatic carbocycles. The molecule has 0 amide bonds. The summed E-state index contributed by atoms with van der Waals surface area (Å²) >= 11 is 0. The number of fused-ring (bicyclic) bond motifs is 8. The van der Waals surface area contributed by atoms with Crippen LogP contribution in [0.3, 0.4) is 0 Å². The predicted octanol–water partition coefficient (Wildman–Crippen LogP) is 0.749. The fourth-order valence-corrected chi connectivity index (χ4v) is 4.23. The highest BCUT2D eigenvalue weighted by molar-refractivity contribution is 5.54. The molecule has 5 heteroatoms. The van der Waals surface area contributed by atoms with Gasteiger partial charge in [0.25, 0.3) is 0 Å². The van der Waals surface area contributed by atoms with Crippen molar-refractivity contribution in [2.75, 3.05) is 13.3 Å². The highest BCUT2D eigenvalue weighted by atomic mass is 16.7. The van der Waals surface area contributed by atoms with Crippen LogP contribution in [0.15, 0.2) is 23.8 Å². The number of nitrogens with zero attached hydrogens (tertiary/aromatic N) is 1. The summed E-state index contributed by atoms with van der Waals surface area (Å²) in [5.74, 6) is 1.95. The van der Waals surface area contributed by atoms with E-state index >= 15 is 0 Å². The standard InChI is InChI=1S/C16H17NO4/c18-13-2-10-11-6-17(12(10)4-14(13)19)5-8-1-15-16(3-9(8)11)21-7-20-15/h1-3,11-14,18-19H,4-7H2/t11-,12-,13+,14+/m1/s1. The van der Waals surface area contributed by atoms with Crippen LogP contribution in [0.2, 0.25) is 0 Å². The first-order valence-electron chi connectivity index (χ1n) is 7.45. The number of hydrogen-bond donors (Lipinski definition) is 2. The summed E-state index contributed by atoms with van der Waals surface area (Å²) in [7, 11) is 0. The number of rotatable bonds is 0. The van der Waals surface area contributed by atoms with Crippen molar-refractivity contribution in [2.45, 2.75) is 37.1 Å². The minimum atomic E-state index is -0.741. The molecule has 3 aliphatic heterocycles. The number of ether oxygens (including phenoxy) is 2. The van der Waals surface area contributed by atoms with E-state index in [1.165, 1.54) is 16.7 Å². The zero-order valence-corrected chi connectivity index (χ0v) is 11.5. The van der Waals surface area contributed by atoms with Crippen molar-refractivity contribution in [1.29, 1.82) is 0 Å². The van der Waals surface area contributed by atoms with E-state index < -0.39 is 12.2 Å². The Morgan fingerprint density at radius 1 is 1.14 bits per heavy atom. The van der Waals surface area contributed by atoms with Crippen molar-refractivity contribution in [3.05, 3.63) is 34.9 Å². The van der Waals surface area contributed by atoms with Crippen molar-refractivity contribution >= 4 is 0 Å². The van der Waals surface area contributed by atoms with Gasteiger partial charge in [-0.1, -0.05) is 6.08 Å². The van der Waals surface area contributed by atoms with Gasteiger partial charge < -0.3 is 19.7 Å². The number of hydrogen-bond acceptors (Lipinski definition) is 5. The molecule has 0 saturated carbocycles. The molecule has 0 radical (unpaired) electrons. The highest BCUT2D eigenvalue weighted by Crippen LogP contribution is 2.49. The van der Waals surface area contributed by atoms with Gasteiger partial charge in [0.2, 0.25) is 6.79 Å². The van der Waals surface area contributed by atoms with Crippen LogP contribution < -0.4 is 9.47 Å². The van der Waals surface area contributed by atoms with E-state index in [0.717, 1.165) is 24.6 Å². The molecule has 1 saturated heterocycles. The SMILES string of the molecule is O[C@H]1C=C2[C@@H](C[C@@H]1O)N1Cc3cc4c(cc3[C@H]2C1)OCO4. The van der Waals surface area contributed by atoms with Crippen LogP contribution in [0.25, 0.3) is 0 Å². The normalized spacial score (nSPS) is 38.8. The molecule has 110 valence electrons. The first kappa shape index (κ1) is 12.0. The van der Waals surface area contributed by atoms with Crippen LogP contribution in [0.4, 0.5) is 0 Å². The topological polar surface area (TPSA) is 62.2 Å². The Labute approximate surface area is 122 Å². The van der Waals surface area contributed by atoms with Gasteiger partial charge in [-0.2, -0.15) is 0 Å². The van der Waals surface area contributed by atoms with E-state index in [2.05, 4.69) is 17.0 Å². The predicted molar refractivity (Wildman–Crippen MR) is 74.2 cm³/mol. The minimum Gasteiger partial charge on any atom is -0.454 e. The molecule has 0 aromatic heterocycles.